The van der Waals surface area contributed by atoms with Crippen molar-refractivity contribution < 1.29 is 22.7 Å². The first-order valence-electron chi connectivity index (χ1n) is 6.85. The van der Waals surface area contributed by atoms with Gasteiger partial charge in [-0.15, -0.1) is 0 Å². The Morgan fingerprint density at radius 3 is 2.41 bits per heavy atom. The molecule has 1 atom stereocenters. The predicted molar refractivity (Wildman–Crippen MR) is 82.6 cm³/mol. The van der Waals surface area contributed by atoms with E-state index in [0.29, 0.717) is 11.5 Å². The fourth-order valence-corrected chi connectivity index (χ4v) is 2.65. The van der Waals surface area contributed by atoms with Gasteiger partial charge in [-0.25, -0.2) is 13.1 Å². The van der Waals surface area contributed by atoms with Gasteiger partial charge in [-0.1, -0.05) is 6.92 Å². The number of hydrogen-bond donors (Lipinski definition) is 2. The first kappa shape index (κ1) is 18.2. The molecule has 0 aliphatic carbocycles. The summed E-state index contributed by atoms with van der Waals surface area (Å²) < 4.78 is 36.7. The Kier molecular flexibility index (Phi) is 6.63. The van der Waals surface area contributed by atoms with Crippen LogP contribution in [0.3, 0.4) is 0 Å². The van der Waals surface area contributed by atoms with Crippen molar-refractivity contribution in [3.8, 4) is 11.5 Å². The molecule has 1 aromatic carbocycles. The number of carbonyl (C=O) groups is 1. The summed E-state index contributed by atoms with van der Waals surface area (Å²) in [6, 6.07) is 4.22. The fraction of sp³-hybridized carbons (Fsp3) is 0.500. The van der Waals surface area contributed by atoms with Crippen molar-refractivity contribution in [2.24, 2.45) is 0 Å². The highest BCUT2D eigenvalue weighted by Gasteiger charge is 2.18. The van der Waals surface area contributed by atoms with Crippen LogP contribution in [0.15, 0.2) is 23.1 Å². The van der Waals surface area contributed by atoms with Crippen LogP contribution >= 0.6 is 0 Å². The Labute approximate surface area is 131 Å². The van der Waals surface area contributed by atoms with Gasteiger partial charge in [0, 0.05) is 12.1 Å². The second-order valence-corrected chi connectivity index (χ2v) is 6.49. The summed E-state index contributed by atoms with van der Waals surface area (Å²) in [5.41, 5.74) is 0. The summed E-state index contributed by atoms with van der Waals surface area (Å²) >= 11 is 0. The fourth-order valence-electron chi connectivity index (χ4n) is 1.66. The standard InChI is InChI=1S/C14H22N2O5S/c1-5-10(2)16-14(17)9-15-22(18,19)11-6-7-12(20-3)13(8-11)21-4/h6-8,10,15H,5,9H2,1-4H3,(H,16,17)/t10-/m1/s1. The van der Waals surface area contributed by atoms with Crippen molar-refractivity contribution in [3.05, 3.63) is 18.2 Å². The largest absolute Gasteiger partial charge is 0.493 e. The number of rotatable bonds is 8. The minimum Gasteiger partial charge on any atom is -0.493 e. The Morgan fingerprint density at radius 1 is 1.23 bits per heavy atom. The molecule has 1 rings (SSSR count). The third kappa shape index (κ3) is 4.88. The Morgan fingerprint density at radius 2 is 1.86 bits per heavy atom. The first-order chi connectivity index (χ1) is 10.3. The summed E-state index contributed by atoms with van der Waals surface area (Å²) in [6.07, 6.45) is 0.772. The maximum Gasteiger partial charge on any atom is 0.241 e. The lowest BCUT2D eigenvalue weighted by Gasteiger charge is -2.13. The van der Waals surface area contributed by atoms with Gasteiger partial charge in [-0.2, -0.15) is 0 Å². The predicted octanol–water partition coefficient (Wildman–Crippen LogP) is 0.897. The second-order valence-electron chi connectivity index (χ2n) is 4.72. The summed E-state index contributed by atoms with van der Waals surface area (Å²) in [7, 11) is -0.922. The molecule has 0 aliphatic rings. The van der Waals surface area contributed by atoms with Crippen LogP contribution in [0.5, 0.6) is 11.5 Å². The number of amides is 1. The van der Waals surface area contributed by atoms with Crippen LogP contribution in [0.2, 0.25) is 0 Å². The van der Waals surface area contributed by atoms with Crippen LogP contribution in [-0.4, -0.2) is 41.1 Å². The van der Waals surface area contributed by atoms with Gasteiger partial charge in [0.2, 0.25) is 15.9 Å². The highest BCUT2D eigenvalue weighted by atomic mass is 32.2. The quantitative estimate of drug-likeness (QED) is 0.738. The van der Waals surface area contributed by atoms with E-state index in [1.165, 1.54) is 32.4 Å². The van der Waals surface area contributed by atoms with E-state index in [-0.39, 0.29) is 23.4 Å². The van der Waals surface area contributed by atoms with Gasteiger partial charge in [0.1, 0.15) is 0 Å². The molecule has 2 N–H and O–H groups in total. The van der Waals surface area contributed by atoms with Crippen molar-refractivity contribution in [1.29, 1.82) is 0 Å². The molecule has 7 nitrogen and oxygen atoms in total. The molecule has 0 spiro atoms. The Balaban J connectivity index is 2.80. The summed E-state index contributed by atoms with van der Waals surface area (Å²) in [5, 5.41) is 2.68. The Bertz CT molecular complexity index is 616. The van der Waals surface area contributed by atoms with Crippen molar-refractivity contribution >= 4 is 15.9 Å². The van der Waals surface area contributed by atoms with Gasteiger partial charge in [0.25, 0.3) is 0 Å². The zero-order valence-corrected chi connectivity index (χ0v) is 14.0. The topological polar surface area (TPSA) is 93.7 Å². The average Bonchev–Trinajstić information content (AvgIpc) is 2.52. The highest BCUT2D eigenvalue weighted by molar-refractivity contribution is 7.89. The van der Waals surface area contributed by atoms with E-state index < -0.39 is 10.0 Å². The molecule has 0 aliphatic heterocycles. The lowest BCUT2D eigenvalue weighted by Crippen LogP contribution is -2.40. The van der Waals surface area contributed by atoms with Crippen LogP contribution in [-0.2, 0) is 14.8 Å². The molecule has 0 aromatic heterocycles. The SMILES string of the molecule is CC[C@@H](C)NC(=O)CNS(=O)(=O)c1ccc(OC)c(OC)c1. The number of methoxy groups -OCH3 is 2. The lowest BCUT2D eigenvalue weighted by molar-refractivity contribution is -0.120. The summed E-state index contributed by atoms with van der Waals surface area (Å²) in [4.78, 5) is 11.6. The van der Waals surface area contributed by atoms with Gasteiger partial charge in [-0.3, -0.25) is 4.79 Å². The van der Waals surface area contributed by atoms with Crippen LogP contribution < -0.4 is 19.5 Å². The molecule has 0 fully saturated rings. The highest BCUT2D eigenvalue weighted by Crippen LogP contribution is 2.29. The van der Waals surface area contributed by atoms with E-state index in [1.54, 1.807) is 0 Å². The second kappa shape index (κ2) is 8.00. The van der Waals surface area contributed by atoms with Gasteiger partial charge >= 0.3 is 0 Å². The third-order valence-electron chi connectivity index (χ3n) is 3.11. The van der Waals surface area contributed by atoms with E-state index in [9.17, 15) is 13.2 Å². The van der Waals surface area contributed by atoms with Crippen LogP contribution in [0, 0.1) is 0 Å². The smallest absolute Gasteiger partial charge is 0.241 e. The van der Waals surface area contributed by atoms with E-state index in [2.05, 4.69) is 10.0 Å². The molecule has 0 saturated carbocycles. The van der Waals surface area contributed by atoms with Crippen molar-refractivity contribution in [2.45, 2.75) is 31.2 Å². The number of ether oxygens (including phenoxy) is 2. The molecular weight excluding hydrogens is 308 g/mol. The number of carbonyl (C=O) groups excluding carboxylic acids is 1. The van der Waals surface area contributed by atoms with Crippen LogP contribution in [0.4, 0.5) is 0 Å². The number of nitrogens with one attached hydrogen (secondary N) is 2. The van der Waals surface area contributed by atoms with Crippen molar-refractivity contribution in [2.75, 3.05) is 20.8 Å². The van der Waals surface area contributed by atoms with Crippen molar-refractivity contribution in [1.82, 2.24) is 10.0 Å². The third-order valence-corrected chi connectivity index (χ3v) is 4.51. The molecule has 1 aromatic rings. The van der Waals surface area contributed by atoms with Crippen molar-refractivity contribution in [3.63, 3.8) is 0 Å². The average molecular weight is 330 g/mol. The number of sulfonamides is 1. The van der Waals surface area contributed by atoms with Gasteiger partial charge in [0.15, 0.2) is 11.5 Å². The summed E-state index contributed by atoms with van der Waals surface area (Å²) in [6.45, 7) is 3.46. The van der Waals surface area contributed by atoms with E-state index in [1.807, 2.05) is 13.8 Å². The normalized spacial score (nSPS) is 12.5. The Hall–Kier alpha value is -1.80. The van der Waals surface area contributed by atoms with E-state index in [4.69, 9.17) is 9.47 Å². The molecule has 1 amide bonds. The first-order valence-corrected chi connectivity index (χ1v) is 8.33. The summed E-state index contributed by atoms with van der Waals surface area (Å²) in [5.74, 6) is 0.351. The molecule has 0 heterocycles. The maximum absolute atomic E-state index is 12.2. The molecule has 124 valence electrons. The zero-order chi connectivity index (χ0) is 16.8. The number of hydrogen-bond acceptors (Lipinski definition) is 5. The van der Waals surface area contributed by atoms with E-state index in [0.717, 1.165) is 6.42 Å². The van der Waals surface area contributed by atoms with Gasteiger partial charge in [-0.05, 0) is 25.5 Å². The maximum atomic E-state index is 12.2. The van der Waals surface area contributed by atoms with Crippen LogP contribution in [0.25, 0.3) is 0 Å². The molecular formula is C14H22N2O5S. The molecule has 0 unspecified atom stereocenters. The number of benzene rings is 1. The lowest BCUT2D eigenvalue weighted by atomic mass is 10.2. The molecule has 0 saturated heterocycles. The van der Waals surface area contributed by atoms with Crippen LogP contribution in [0.1, 0.15) is 20.3 Å². The molecule has 8 heteroatoms. The zero-order valence-electron chi connectivity index (χ0n) is 13.2. The molecule has 0 bridgehead atoms. The van der Waals surface area contributed by atoms with E-state index >= 15 is 0 Å². The molecule has 0 radical (unpaired) electrons. The van der Waals surface area contributed by atoms with Gasteiger partial charge < -0.3 is 14.8 Å². The monoisotopic (exact) mass is 330 g/mol. The molecule has 22 heavy (non-hydrogen) atoms. The minimum absolute atomic E-state index is 0.00138. The van der Waals surface area contributed by atoms with Gasteiger partial charge in [0.05, 0.1) is 25.7 Å². The minimum atomic E-state index is -3.80.